The molecular formula is C24H23FN6OS. The van der Waals surface area contributed by atoms with Gasteiger partial charge in [-0.15, -0.1) is 0 Å². The van der Waals surface area contributed by atoms with Crippen molar-refractivity contribution in [2.24, 2.45) is 0 Å². The minimum atomic E-state index is -0.325. The minimum absolute atomic E-state index is 0.325. The molecular weight excluding hydrogens is 439 g/mol. The van der Waals surface area contributed by atoms with Gasteiger partial charge in [0, 0.05) is 45.2 Å². The Hall–Kier alpha value is -3.48. The number of nitrogens with one attached hydrogen (secondary N) is 1. The largest absolute Gasteiger partial charge is 0.457 e. The summed E-state index contributed by atoms with van der Waals surface area (Å²) in [7, 11) is 1.91. The standard InChI is InChI=1S/C24H23FN6OS/c1-3-17-23(22-18(32-17)8-9-20(28-22)31-12-10-27-11-13-31)30(2)24-29-21(19(14-26)33-24)15-4-6-16(25)7-5-15/h4-9,27H,3,10-13H2,1-2H3. The zero-order chi connectivity index (χ0) is 22.9. The number of nitrogens with zero attached hydrogens (tertiary/aromatic N) is 5. The van der Waals surface area contributed by atoms with Crippen LogP contribution in [0.5, 0.6) is 0 Å². The Bertz CT molecular complexity index is 1330. The summed E-state index contributed by atoms with van der Waals surface area (Å²) in [6.07, 6.45) is 0.695. The zero-order valence-corrected chi connectivity index (χ0v) is 19.2. The van der Waals surface area contributed by atoms with Gasteiger partial charge in [0.2, 0.25) is 0 Å². The molecule has 7 nitrogen and oxygen atoms in total. The van der Waals surface area contributed by atoms with Gasteiger partial charge in [-0.05, 0) is 36.4 Å². The van der Waals surface area contributed by atoms with Crippen molar-refractivity contribution in [3.8, 4) is 17.3 Å². The zero-order valence-electron chi connectivity index (χ0n) is 18.4. The Morgan fingerprint density at radius 1 is 1.18 bits per heavy atom. The van der Waals surface area contributed by atoms with Crippen molar-refractivity contribution >= 4 is 39.1 Å². The molecule has 33 heavy (non-hydrogen) atoms. The van der Waals surface area contributed by atoms with Gasteiger partial charge < -0.3 is 19.5 Å². The third kappa shape index (κ3) is 3.92. The van der Waals surface area contributed by atoms with Gasteiger partial charge in [-0.3, -0.25) is 0 Å². The van der Waals surface area contributed by atoms with Crippen LogP contribution in [0.3, 0.4) is 0 Å². The number of hydrogen-bond donors (Lipinski definition) is 1. The Morgan fingerprint density at radius 3 is 2.64 bits per heavy atom. The highest BCUT2D eigenvalue weighted by atomic mass is 32.1. The van der Waals surface area contributed by atoms with E-state index in [1.165, 1.54) is 23.5 Å². The summed E-state index contributed by atoms with van der Waals surface area (Å²) in [5.74, 6) is 1.41. The molecule has 1 aliphatic heterocycles. The summed E-state index contributed by atoms with van der Waals surface area (Å²) in [5.41, 5.74) is 3.61. The fourth-order valence-corrected chi connectivity index (χ4v) is 4.94. The van der Waals surface area contributed by atoms with Crippen LogP contribution in [0.1, 0.15) is 17.6 Å². The van der Waals surface area contributed by atoms with E-state index < -0.39 is 0 Å². The number of rotatable bonds is 5. The molecule has 1 fully saturated rings. The predicted octanol–water partition coefficient (Wildman–Crippen LogP) is 4.70. The molecule has 0 bridgehead atoms. The monoisotopic (exact) mass is 462 g/mol. The van der Waals surface area contributed by atoms with Gasteiger partial charge in [-0.25, -0.2) is 14.4 Å². The molecule has 0 aliphatic carbocycles. The predicted molar refractivity (Wildman–Crippen MR) is 129 cm³/mol. The van der Waals surface area contributed by atoms with Crippen LogP contribution in [-0.4, -0.2) is 43.2 Å². The molecule has 0 radical (unpaired) electrons. The molecule has 0 saturated carbocycles. The maximum atomic E-state index is 13.4. The van der Waals surface area contributed by atoms with Crippen LogP contribution in [0.2, 0.25) is 0 Å². The summed E-state index contributed by atoms with van der Waals surface area (Å²) >= 11 is 1.30. The SMILES string of the molecule is CCc1oc2ccc(N3CCNCC3)nc2c1N(C)c1nc(-c2ccc(F)cc2)c(C#N)s1. The highest BCUT2D eigenvalue weighted by Crippen LogP contribution is 2.41. The van der Waals surface area contributed by atoms with Gasteiger partial charge in [0.1, 0.15) is 45.2 Å². The van der Waals surface area contributed by atoms with E-state index >= 15 is 0 Å². The molecule has 0 unspecified atom stereocenters. The number of piperazine rings is 1. The maximum absolute atomic E-state index is 13.4. The summed E-state index contributed by atoms with van der Waals surface area (Å²) in [6.45, 7) is 5.71. The summed E-state index contributed by atoms with van der Waals surface area (Å²) in [4.78, 5) is 14.4. The van der Waals surface area contributed by atoms with E-state index in [9.17, 15) is 9.65 Å². The molecule has 3 aromatic heterocycles. The van der Waals surface area contributed by atoms with Crippen LogP contribution in [0.25, 0.3) is 22.4 Å². The number of aromatic nitrogens is 2. The van der Waals surface area contributed by atoms with Crippen molar-refractivity contribution in [1.29, 1.82) is 5.26 Å². The van der Waals surface area contributed by atoms with Gasteiger partial charge in [-0.1, -0.05) is 18.3 Å². The second kappa shape index (κ2) is 8.81. The minimum Gasteiger partial charge on any atom is -0.457 e. The van der Waals surface area contributed by atoms with Gasteiger partial charge in [0.15, 0.2) is 10.7 Å². The number of aryl methyl sites for hydroxylation is 1. The highest BCUT2D eigenvalue weighted by molar-refractivity contribution is 7.16. The number of fused-ring (bicyclic) bond motifs is 1. The molecule has 1 aliphatic rings. The highest BCUT2D eigenvalue weighted by Gasteiger charge is 2.24. The van der Waals surface area contributed by atoms with E-state index in [1.54, 1.807) is 12.1 Å². The second-order valence-electron chi connectivity index (χ2n) is 7.83. The Balaban J connectivity index is 1.58. The fraction of sp³-hybridized carbons (Fsp3) is 0.292. The summed E-state index contributed by atoms with van der Waals surface area (Å²) in [5, 5.41) is 13.7. The van der Waals surface area contributed by atoms with Gasteiger partial charge in [0.25, 0.3) is 0 Å². The van der Waals surface area contributed by atoms with Gasteiger partial charge in [0.05, 0.1) is 0 Å². The Morgan fingerprint density at radius 2 is 1.94 bits per heavy atom. The van der Waals surface area contributed by atoms with Crippen LogP contribution in [0, 0.1) is 17.1 Å². The first-order valence-corrected chi connectivity index (χ1v) is 11.7. The number of nitriles is 1. The number of benzene rings is 1. The fourth-order valence-electron chi connectivity index (χ4n) is 4.08. The molecule has 4 aromatic rings. The Kier molecular flexibility index (Phi) is 5.70. The van der Waals surface area contributed by atoms with Crippen LogP contribution in [-0.2, 0) is 6.42 Å². The first-order chi connectivity index (χ1) is 16.1. The number of anilines is 3. The lowest BCUT2D eigenvalue weighted by Gasteiger charge is -2.28. The number of hydrogen-bond acceptors (Lipinski definition) is 8. The van der Waals surface area contributed by atoms with Crippen LogP contribution >= 0.6 is 11.3 Å². The first kappa shape index (κ1) is 21.4. The lowest BCUT2D eigenvalue weighted by atomic mass is 10.1. The summed E-state index contributed by atoms with van der Waals surface area (Å²) < 4.78 is 19.5. The topological polar surface area (TPSA) is 81.2 Å². The van der Waals surface area contributed by atoms with Crippen molar-refractivity contribution in [3.05, 3.63) is 52.9 Å². The molecule has 0 atom stereocenters. The van der Waals surface area contributed by atoms with E-state index in [2.05, 4.69) is 16.3 Å². The van der Waals surface area contributed by atoms with E-state index in [0.717, 1.165) is 54.5 Å². The lowest BCUT2D eigenvalue weighted by molar-refractivity contribution is 0.556. The number of pyridine rings is 1. The average Bonchev–Trinajstić information content (AvgIpc) is 3.46. The average molecular weight is 463 g/mol. The maximum Gasteiger partial charge on any atom is 0.191 e. The molecule has 1 aromatic carbocycles. The first-order valence-electron chi connectivity index (χ1n) is 10.9. The number of halogens is 1. The van der Waals surface area contributed by atoms with Crippen molar-refractivity contribution in [2.45, 2.75) is 13.3 Å². The smallest absolute Gasteiger partial charge is 0.191 e. The third-order valence-corrected chi connectivity index (χ3v) is 6.82. The van der Waals surface area contributed by atoms with E-state index in [0.29, 0.717) is 27.7 Å². The lowest BCUT2D eigenvalue weighted by Crippen LogP contribution is -2.43. The van der Waals surface area contributed by atoms with Crippen LogP contribution < -0.4 is 15.1 Å². The van der Waals surface area contributed by atoms with Gasteiger partial charge in [-0.2, -0.15) is 5.26 Å². The molecule has 9 heteroatoms. The molecule has 1 N–H and O–H groups in total. The quantitative estimate of drug-likeness (QED) is 0.460. The number of furan rings is 1. The number of thiazole rings is 1. The van der Waals surface area contributed by atoms with Crippen LogP contribution in [0.15, 0.2) is 40.8 Å². The van der Waals surface area contributed by atoms with Crippen molar-refractivity contribution in [1.82, 2.24) is 15.3 Å². The van der Waals surface area contributed by atoms with E-state index in [1.807, 2.05) is 31.0 Å². The Labute approximate surface area is 195 Å². The van der Waals surface area contributed by atoms with E-state index in [4.69, 9.17) is 14.4 Å². The molecule has 0 spiro atoms. The second-order valence-corrected chi connectivity index (χ2v) is 8.81. The van der Waals surface area contributed by atoms with Crippen LogP contribution in [0.4, 0.5) is 21.0 Å². The van der Waals surface area contributed by atoms with Gasteiger partial charge >= 0.3 is 0 Å². The summed E-state index contributed by atoms with van der Waals surface area (Å²) in [6, 6.07) is 12.2. The third-order valence-electron chi connectivity index (χ3n) is 5.78. The molecule has 5 rings (SSSR count). The normalized spacial score (nSPS) is 13.9. The van der Waals surface area contributed by atoms with E-state index in [-0.39, 0.29) is 5.82 Å². The molecule has 168 valence electrons. The molecule has 1 saturated heterocycles. The van der Waals surface area contributed by atoms with Crippen molar-refractivity contribution < 1.29 is 8.81 Å². The van der Waals surface area contributed by atoms with Crippen molar-refractivity contribution in [3.63, 3.8) is 0 Å². The molecule has 0 amide bonds. The van der Waals surface area contributed by atoms with Crippen molar-refractivity contribution in [2.75, 3.05) is 43.0 Å². The molecule has 4 heterocycles.